The van der Waals surface area contributed by atoms with Crippen LogP contribution in [0.5, 0.6) is 5.75 Å². The fourth-order valence-electron chi connectivity index (χ4n) is 8.94. The third-order valence-corrected chi connectivity index (χ3v) is 11.8. The molecular formula is C50H56F4N2O5. The summed E-state index contributed by atoms with van der Waals surface area (Å²) >= 11 is 0. The van der Waals surface area contributed by atoms with Gasteiger partial charge in [0, 0.05) is 46.9 Å². The van der Waals surface area contributed by atoms with Crippen LogP contribution in [-0.4, -0.2) is 52.2 Å². The smallest absolute Gasteiger partial charge is 0.340 e. The normalized spacial score (nSPS) is 18.4. The van der Waals surface area contributed by atoms with Crippen LogP contribution in [0.2, 0.25) is 0 Å². The van der Waals surface area contributed by atoms with E-state index in [2.05, 4.69) is 55.6 Å². The number of aromatic nitrogens is 1. The van der Waals surface area contributed by atoms with Gasteiger partial charge in [-0.3, -0.25) is 9.59 Å². The van der Waals surface area contributed by atoms with Gasteiger partial charge in [0.2, 0.25) is 12.1 Å². The number of oxime groups is 1. The molecule has 1 N–H and O–H groups in total. The van der Waals surface area contributed by atoms with Crippen molar-refractivity contribution >= 4 is 44.5 Å². The lowest BCUT2D eigenvalue weighted by atomic mass is 9.77. The van der Waals surface area contributed by atoms with Gasteiger partial charge in [-0.2, -0.15) is 8.78 Å². The lowest BCUT2D eigenvalue weighted by Gasteiger charge is -2.27. The summed E-state index contributed by atoms with van der Waals surface area (Å²) in [4.78, 5) is 34.9. The molecule has 4 aromatic rings. The quantitative estimate of drug-likeness (QED) is 0.0354. The van der Waals surface area contributed by atoms with Gasteiger partial charge in [0.25, 0.3) is 0 Å². The molecule has 0 saturated heterocycles. The number of Topliss-reactive ketones (excluding diaryl/α,β-unsaturated/α-hetero) is 2. The molecule has 0 bridgehead atoms. The minimum absolute atomic E-state index is 0.0771. The average molecular weight is 841 g/mol. The third kappa shape index (κ3) is 9.62. The summed E-state index contributed by atoms with van der Waals surface area (Å²) in [6, 6.07) is 14.9. The number of carbonyl (C=O) groups excluding carboxylic acids is 2. The Balaban J connectivity index is 1.55. The molecule has 0 spiro atoms. The molecule has 324 valence electrons. The first kappa shape index (κ1) is 45.2. The van der Waals surface area contributed by atoms with Crippen LogP contribution in [0, 0.1) is 17.8 Å². The Hall–Kier alpha value is -5.29. The maximum Gasteiger partial charge on any atom is 0.340 e. The number of rotatable bonds is 18. The Bertz CT molecular complexity index is 2440. The molecule has 2 aliphatic carbocycles. The van der Waals surface area contributed by atoms with Crippen LogP contribution in [0.25, 0.3) is 27.2 Å². The topological polar surface area (TPSA) is 90.1 Å². The van der Waals surface area contributed by atoms with E-state index < -0.39 is 36.9 Å². The second-order valence-corrected chi connectivity index (χ2v) is 16.6. The number of allylic oxidation sites excluding steroid dienone is 8. The van der Waals surface area contributed by atoms with Crippen LogP contribution < -0.4 is 4.74 Å². The highest BCUT2D eigenvalue weighted by atomic mass is 19.3. The summed E-state index contributed by atoms with van der Waals surface area (Å²) < 4.78 is 60.2. The third-order valence-electron chi connectivity index (χ3n) is 11.8. The van der Waals surface area contributed by atoms with E-state index in [-0.39, 0.29) is 22.8 Å². The molecule has 7 nitrogen and oxygen atoms in total. The van der Waals surface area contributed by atoms with E-state index in [0.29, 0.717) is 29.2 Å². The summed E-state index contributed by atoms with van der Waals surface area (Å²) in [6.45, 7) is 13.1. The Kier molecular flexibility index (Phi) is 14.2. The van der Waals surface area contributed by atoms with Crippen molar-refractivity contribution in [3.8, 4) is 5.75 Å². The summed E-state index contributed by atoms with van der Waals surface area (Å²) in [5.41, 5.74) is 7.10. The number of nitrogens with zero attached hydrogens (tertiary/aromatic N) is 2. The standard InChI is InChI=1S/C50H56F4N2O5/c1-8-11-15-33(10-3)27-56-45-35(14-9-2)24-36(47(58)43-30(5)22-29(4)23-31(43)6)25-40(45)41-26-42(38-16-12-13-17-39(38)46(41)56)48(59)44(55-61-32(7)57)34-18-20-37(21-19-34)60-28-50(53,54)49(51)52/h9,12-14,16-22,24,26,29,32-33,36,49,57H,8,10-11,15,23,25,27-28H2,1-7H3/b14-9-,55-44-. The van der Waals surface area contributed by atoms with Crippen LogP contribution in [0.1, 0.15) is 108 Å². The molecule has 0 radical (unpaired) electrons. The Morgan fingerprint density at radius 3 is 2.34 bits per heavy atom. The van der Waals surface area contributed by atoms with E-state index in [4.69, 9.17) is 9.57 Å². The van der Waals surface area contributed by atoms with E-state index in [1.165, 1.54) is 31.2 Å². The number of hydrogen-bond acceptors (Lipinski definition) is 6. The molecule has 1 heterocycles. The second kappa shape index (κ2) is 19.2. The highest BCUT2D eigenvalue weighted by molar-refractivity contribution is 6.53. The number of fused-ring (bicyclic) bond motifs is 5. The van der Waals surface area contributed by atoms with Crippen LogP contribution in [0.15, 0.2) is 101 Å². The summed E-state index contributed by atoms with van der Waals surface area (Å²) in [5.74, 6) is -4.67. The van der Waals surface area contributed by atoms with Gasteiger partial charge in [-0.25, -0.2) is 8.78 Å². The molecule has 3 aromatic carbocycles. The second-order valence-electron chi connectivity index (χ2n) is 16.6. The van der Waals surface area contributed by atoms with Crippen molar-refractivity contribution < 1.29 is 41.8 Å². The zero-order valence-electron chi connectivity index (χ0n) is 36.0. The van der Waals surface area contributed by atoms with Crippen molar-refractivity contribution in [3.05, 3.63) is 118 Å². The molecule has 11 heteroatoms. The monoisotopic (exact) mass is 840 g/mol. The van der Waals surface area contributed by atoms with E-state index in [1.807, 2.05) is 50.3 Å². The van der Waals surface area contributed by atoms with Gasteiger partial charge < -0.3 is 19.2 Å². The zero-order valence-corrected chi connectivity index (χ0v) is 36.0. The van der Waals surface area contributed by atoms with E-state index >= 15 is 0 Å². The fourth-order valence-corrected chi connectivity index (χ4v) is 8.94. The minimum atomic E-state index is -4.35. The van der Waals surface area contributed by atoms with Crippen LogP contribution in [-0.2, 0) is 22.6 Å². The SMILES string of the molecule is C/C=C\C1=CC(C(=O)C2=C(C)CC(C)C=C2C)Cc2c1n(CC(CC)CCCC)c1c2cc(C(=O)/C(=N\OC(C)O)c2ccc(OCC(F)(F)C(F)F)cc2)c2ccccc21. The fraction of sp³-hybridized carbons (Fsp3) is 0.420. The van der Waals surface area contributed by atoms with Gasteiger partial charge in [0.15, 0.2) is 18.1 Å². The van der Waals surface area contributed by atoms with Gasteiger partial charge >= 0.3 is 12.3 Å². The highest BCUT2D eigenvalue weighted by Gasteiger charge is 2.42. The number of halogens is 4. The van der Waals surface area contributed by atoms with Gasteiger partial charge in [-0.05, 0) is 104 Å². The lowest BCUT2D eigenvalue weighted by Crippen LogP contribution is -2.33. The van der Waals surface area contributed by atoms with Gasteiger partial charge in [0.05, 0.1) is 11.2 Å². The van der Waals surface area contributed by atoms with Crippen molar-refractivity contribution in [2.75, 3.05) is 6.61 Å². The first-order valence-electron chi connectivity index (χ1n) is 21.3. The molecule has 4 unspecified atom stereocenters. The highest BCUT2D eigenvalue weighted by Crippen LogP contribution is 2.44. The Morgan fingerprint density at radius 2 is 1.72 bits per heavy atom. The van der Waals surface area contributed by atoms with E-state index in [9.17, 15) is 32.3 Å². The molecule has 61 heavy (non-hydrogen) atoms. The number of alkyl halides is 4. The first-order valence-corrected chi connectivity index (χ1v) is 21.3. The molecule has 6 rings (SSSR count). The molecule has 4 atom stereocenters. The first-order chi connectivity index (χ1) is 29.1. The number of carbonyl (C=O) groups is 2. The predicted octanol–water partition coefficient (Wildman–Crippen LogP) is 12.2. The lowest BCUT2D eigenvalue weighted by molar-refractivity contribution is -0.148. The van der Waals surface area contributed by atoms with Crippen molar-refractivity contribution in [1.29, 1.82) is 0 Å². The summed E-state index contributed by atoms with van der Waals surface area (Å²) in [6.07, 6.45) is 8.54. The minimum Gasteiger partial charge on any atom is -0.487 e. The number of aliphatic hydroxyl groups is 1. The molecule has 0 fully saturated rings. The summed E-state index contributed by atoms with van der Waals surface area (Å²) in [5, 5.41) is 16.5. The van der Waals surface area contributed by atoms with E-state index in [0.717, 1.165) is 88.5 Å². The van der Waals surface area contributed by atoms with Gasteiger partial charge in [0.1, 0.15) is 5.75 Å². The van der Waals surface area contributed by atoms with Crippen LogP contribution >= 0.6 is 0 Å². The number of unbranched alkanes of at least 4 members (excludes halogenated alkanes) is 1. The number of hydrogen-bond donors (Lipinski definition) is 1. The van der Waals surface area contributed by atoms with Gasteiger partial charge in [-0.15, -0.1) is 0 Å². The molecule has 2 aliphatic rings. The molecular weight excluding hydrogens is 785 g/mol. The van der Waals surface area contributed by atoms with Crippen LogP contribution in [0.3, 0.4) is 0 Å². The van der Waals surface area contributed by atoms with Crippen molar-refractivity contribution in [2.45, 2.75) is 112 Å². The van der Waals surface area contributed by atoms with E-state index in [1.54, 1.807) is 0 Å². The van der Waals surface area contributed by atoms with Crippen molar-refractivity contribution in [2.24, 2.45) is 22.9 Å². The largest absolute Gasteiger partial charge is 0.487 e. The average Bonchev–Trinajstić information content (AvgIpc) is 3.54. The number of aliphatic hydroxyl groups excluding tert-OH is 1. The molecule has 0 saturated carbocycles. The molecule has 0 aliphatic heterocycles. The van der Waals surface area contributed by atoms with Crippen molar-refractivity contribution in [3.63, 3.8) is 0 Å². The Labute approximate surface area is 355 Å². The number of ketones is 2. The predicted molar refractivity (Wildman–Crippen MR) is 235 cm³/mol. The summed E-state index contributed by atoms with van der Waals surface area (Å²) in [7, 11) is 0. The zero-order chi connectivity index (χ0) is 44.2. The number of benzene rings is 3. The van der Waals surface area contributed by atoms with Crippen LogP contribution in [0.4, 0.5) is 17.6 Å². The maximum absolute atomic E-state index is 15.0. The molecule has 0 amide bonds. The maximum atomic E-state index is 15.0. The molecule has 1 aromatic heterocycles. The van der Waals surface area contributed by atoms with Crippen molar-refractivity contribution in [1.82, 2.24) is 4.57 Å². The van der Waals surface area contributed by atoms with Gasteiger partial charge in [-0.1, -0.05) is 99.3 Å². The number of ether oxygens (including phenoxy) is 1. The Morgan fingerprint density at radius 1 is 1.02 bits per heavy atom.